The molecule has 0 atom stereocenters. The number of aromatic nitrogens is 2. The number of hydrogen-bond donors (Lipinski definition) is 1. The molecule has 7 heteroatoms. The second-order valence-electron chi connectivity index (χ2n) is 4.88. The lowest BCUT2D eigenvalue weighted by Gasteiger charge is -2.17. The minimum Gasteiger partial charge on any atom is -0.454 e. The highest BCUT2D eigenvalue weighted by Crippen LogP contribution is 2.32. The lowest BCUT2D eigenvalue weighted by Crippen LogP contribution is -2.29. The molecule has 0 bridgehead atoms. The number of nitrogens with zero attached hydrogens (tertiary/aromatic N) is 3. The van der Waals surface area contributed by atoms with Crippen molar-refractivity contribution in [1.29, 1.82) is 0 Å². The Kier molecular flexibility index (Phi) is 3.39. The zero-order chi connectivity index (χ0) is 14.8. The van der Waals surface area contributed by atoms with Gasteiger partial charge in [0.1, 0.15) is 12.4 Å². The lowest BCUT2D eigenvalue weighted by atomic mass is 10.2. The molecule has 2 heterocycles. The molecule has 0 aliphatic carbocycles. The van der Waals surface area contributed by atoms with Gasteiger partial charge in [0.2, 0.25) is 12.7 Å². The SMILES string of the molecule is CN(Cc1ccc2c(c1)OCO2)C(=O)Cn1ccc(N)n1. The molecule has 1 aliphatic heterocycles. The van der Waals surface area contributed by atoms with E-state index < -0.39 is 0 Å². The molecule has 2 N–H and O–H groups in total. The summed E-state index contributed by atoms with van der Waals surface area (Å²) in [5.41, 5.74) is 6.50. The number of anilines is 1. The minimum atomic E-state index is -0.0456. The topological polar surface area (TPSA) is 82.6 Å². The first-order valence-corrected chi connectivity index (χ1v) is 6.53. The van der Waals surface area contributed by atoms with Gasteiger partial charge in [-0.05, 0) is 23.8 Å². The maximum Gasteiger partial charge on any atom is 0.244 e. The molecule has 110 valence electrons. The van der Waals surface area contributed by atoms with Gasteiger partial charge in [0, 0.05) is 19.8 Å². The fourth-order valence-corrected chi connectivity index (χ4v) is 2.13. The molecule has 1 aliphatic rings. The van der Waals surface area contributed by atoms with Crippen LogP contribution in [0.1, 0.15) is 5.56 Å². The van der Waals surface area contributed by atoms with Crippen LogP contribution in [0.3, 0.4) is 0 Å². The largest absolute Gasteiger partial charge is 0.454 e. The zero-order valence-corrected chi connectivity index (χ0v) is 11.7. The van der Waals surface area contributed by atoms with Crippen molar-refractivity contribution in [3.63, 3.8) is 0 Å². The number of ether oxygens (including phenoxy) is 2. The summed E-state index contributed by atoms with van der Waals surface area (Å²) in [5.74, 6) is 1.81. The first-order valence-electron chi connectivity index (χ1n) is 6.53. The predicted octanol–water partition coefficient (Wildman–Crippen LogP) is 0.853. The summed E-state index contributed by atoms with van der Waals surface area (Å²) in [6.07, 6.45) is 1.68. The zero-order valence-electron chi connectivity index (χ0n) is 11.7. The van der Waals surface area contributed by atoms with Crippen molar-refractivity contribution in [1.82, 2.24) is 14.7 Å². The van der Waals surface area contributed by atoms with Gasteiger partial charge >= 0.3 is 0 Å². The highest BCUT2D eigenvalue weighted by atomic mass is 16.7. The van der Waals surface area contributed by atoms with E-state index in [1.807, 2.05) is 18.2 Å². The number of fused-ring (bicyclic) bond motifs is 1. The maximum atomic E-state index is 12.1. The summed E-state index contributed by atoms with van der Waals surface area (Å²) in [6, 6.07) is 7.32. The standard InChI is InChI=1S/C14H16N4O3/c1-17(14(19)8-18-5-4-13(15)16-18)7-10-2-3-11-12(6-10)21-9-20-11/h2-6H,7-9H2,1H3,(H2,15,16). The first kappa shape index (κ1) is 13.3. The number of nitrogen functional groups attached to an aromatic ring is 1. The molecular formula is C14H16N4O3. The van der Waals surface area contributed by atoms with Crippen molar-refractivity contribution < 1.29 is 14.3 Å². The molecule has 1 aromatic heterocycles. The number of carbonyl (C=O) groups excluding carboxylic acids is 1. The second kappa shape index (κ2) is 5.35. The third-order valence-electron chi connectivity index (χ3n) is 3.24. The van der Waals surface area contributed by atoms with Crippen molar-refractivity contribution in [3.05, 3.63) is 36.0 Å². The Labute approximate surface area is 121 Å². The van der Waals surface area contributed by atoms with Gasteiger partial charge in [0.25, 0.3) is 0 Å². The van der Waals surface area contributed by atoms with Gasteiger partial charge in [-0.2, -0.15) is 5.10 Å². The van der Waals surface area contributed by atoms with Crippen LogP contribution in [0, 0.1) is 0 Å². The minimum absolute atomic E-state index is 0.0456. The van der Waals surface area contributed by atoms with Crippen LogP contribution in [0.15, 0.2) is 30.5 Å². The van der Waals surface area contributed by atoms with Crippen LogP contribution in [0.5, 0.6) is 11.5 Å². The van der Waals surface area contributed by atoms with Crippen LogP contribution in [0.25, 0.3) is 0 Å². The van der Waals surface area contributed by atoms with Crippen LogP contribution in [0.2, 0.25) is 0 Å². The summed E-state index contributed by atoms with van der Waals surface area (Å²) < 4.78 is 12.1. The van der Waals surface area contributed by atoms with Gasteiger partial charge in [-0.3, -0.25) is 9.48 Å². The molecule has 7 nitrogen and oxygen atoms in total. The molecule has 0 saturated heterocycles. The molecule has 0 spiro atoms. The monoisotopic (exact) mass is 288 g/mol. The molecule has 21 heavy (non-hydrogen) atoms. The van der Waals surface area contributed by atoms with E-state index in [1.54, 1.807) is 24.2 Å². The molecule has 0 unspecified atom stereocenters. The van der Waals surface area contributed by atoms with Gasteiger partial charge in [-0.1, -0.05) is 6.07 Å². The van der Waals surface area contributed by atoms with Crippen LogP contribution >= 0.6 is 0 Å². The molecule has 1 amide bonds. The van der Waals surface area contributed by atoms with Crippen LogP contribution in [-0.2, 0) is 17.9 Å². The van der Waals surface area contributed by atoms with E-state index >= 15 is 0 Å². The Hall–Kier alpha value is -2.70. The molecule has 0 radical (unpaired) electrons. The van der Waals surface area contributed by atoms with Crippen molar-refractivity contribution in [2.45, 2.75) is 13.1 Å². The maximum absolute atomic E-state index is 12.1. The first-order chi connectivity index (χ1) is 10.1. The van der Waals surface area contributed by atoms with Gasteiger partial charge in [0.15, 0.2) is 11.5 Å². The van der Waals surface area contributed by atoms with E-state index in [0.717, 1.165) is 11.3 Å². The van der Waals surface area contributed by atoms with Crippen molar-refractivity contribution >= 4 is 11.7 Å². The molecule has 0 saturated carbocycles. The van der Waals surface area contributed by atoms with Crippen molar-refractivity contribution in [3.8, 4) is 11.5 Å². The highest BCUT2D eigenvalue weighted by molar-refractivity contribution is 5.75. The number of amides is 1. The van der Waals surface area contributed by atoms with Gasteiger partial charge in [0.05, 0.1) is 0 Å². The Bertz CT molecular complexity index is 668. The Morgan fingerprint density at radius 2 is 2.19 bits per heavy atom. The number of carbonyl (C=O) groups is 1. The van der Waals surface area contributed by atoms with E-state index in [-0.39, 0.29) is 19.2 Å². The summed E-state index contributed by atoms with van der Waals surface area (Å²) in [4.78, 5) is 13.8. The number of benzene rings is 1. The molecule has 1 aromatic carbocycles. The van der Waals surface area contributed by atoms with E-state index in [1.165, 1.54) is 4.68 Å². The molecular weight excluding hydrogens is 272 g/mol. The highest BCUT2D eigenvalue weighted by Gasteiger charge is 2.15. The van der Waals surface area contributed by atoms with Crippen LogP contribution < -0.4 is 15.2 Å². The number of rotatable bonds is 4. The van der Waals surface area contributed by atoms with E-state index in [9.17, 15) is 4.79 Å². The second-order valence-corrected chi connectivity index (χ2v) is 4.88. The number of likely N-dealkylation sites (N-methyl/N-ethyl adjacent to an activating group) is 1. The molecule has 2 aromatic rings. The fraction of sp³-hybridized carbons (Fsp3) is 0.286. The Balaban J connectivity index is 1.62. The molecule has 0 fully saturated rings. The van der Waals surface area contributed by atoms with E-state index in [2.05, 4.69) is 5.10 Å². The lowest BCUT2D eigenvalue weighted by molar-refractivity contribution is -0.131. The summed E-state index contributed by atoms with van der Waals surface area (Å²) >= 11 is 0. The molecule has 3 rings (SSSR count). The van der Waals surface area contributed by atoms with Crippen molar-refractivity contribution in [2.75, 3.05) is 19.6 Å². The average molecular weight is 288 g/mol. The van der Waals surface area contributed by atoms with Gasteiger partial charge in [-0.15, -0.1) is 0 Å². The number of hydrogen-bond acceptors (Lipinski definition) is 5. The van der Waals surface area contributed by atoms with E-state index in [4.69, 9.17) is 15.2 Å². The van der Waals surface area contributed by atoms with Crippen LogP contribution in [0.4, 0.5) is 5.82 Å². The third-order valence-corrected chi connectivity index (χ3v) is 3.24. The average Bonchev–Trinajstić information content (AvgIpc) is 3.07. The van der Waals surface area contributed by atoms with Gasteiger partial charge in [-0.25, -0.2) is 0 Å². The summed E-state index contributed by atoms with van der Waals surface area (Å²) in [5, 5.41) is 4.00. The summed E-state index contributed by atoms with van der Waals surface area (Å²) in [7, 11) is 1.75. The Morgan fingerprint density at radius 3 is 2.95 bits per heavy atom. The quantitative estimate of drug-likeness (QED) is 0.902. The smallest absolute Gasteiger partial charge is 0.244 e. The van der Waals surface area contributed by atoms with Crippen LogP contribution in [-0.4, -0.2) is 34.4 Å². The fourth-order valence-electron chi connectivity index (χ4n) is 2.13. The summed E-state index contributed by atoms with van der Waals surface area (Å²) in [6.45, 7) is 0.902. The third kappa shape index (κ3) is 2.91. The van der Waals surface area contributed by atoms with Crippen molar-refractivity contribution in [2.24, 2.45) is 0 Å². The predicted molar refractivity (Wildman–Crippen MR) is 75.7 cm³/mol. The number of nitrogens with two attached hydrogens (primary N) is 1. The normalized spacial score (nSPS) is 12.4. The Morgan fingerprint density at radius 1 is 1.38 bits per heavy atom. The van der Waals surface area contributed by atoms with E-state index in [0.29, 0.717) is 18.1 Å². The van der Waals surface area contributed by atoms with Gasteiger partial charge < -0.3 is 20.1 Å².